The maximum absolute atomic E-state index is 12.0. The Balaban J connectivity index is 1.77. The van der Waals surface area contributed by atoms with Gasteiger partial charge in [-0.05, 0) is 27.2 Å². The third-order valence-electron chi connectivity index (χ3n) is 4.85. The van der Waals surface area contributed by atoms with E-state index in [1.807, 2.05) is 26.8 Å². The molecule has 1 saturated heterocycles. The van der Waals surface area contributed by atoms with Crippen molar-refractivity contribution < 1.29 is 4.79 Å². The summed E-state index contributed by atoms with van der Waals surface area (Å²) in [4.78, 5) is 32.0. The van der Waals surface area contributed by atoms with E-state index in [1.54, 1.807) is 7.05 Å². The first kappa shape index (κ1) is 19.0. The quantitative estimate of drug-likeness (QED) is 0.830. The molecule has 3 rings (SSSR count). The zero-order chi connectivity index (χ0) is 19.6. The van der Waals surface area contributed by atoms with Gasteiger partial charge in [0.1, 0.15) is 17.5 Å². The van der Waals surface area contributed by atoms with Crippen molar-refractivity contribution in [1.82, 2.24) is 25.3 Å². The Morgan fingerprint density at radius 1 is 1.22 bits per heavy atom. The van der Waals surface area contributed by atoms with Gasteiger partial charge in [0.15, 0.2) is 0 Å². The molecule has 2 aromatic rings. The van der Waals surface area contributed by atoms with Crippen LogP contribution in [0.2, 0.25) is 0 Å². The number of hydrogen-bond acceptors (Lipinski definition) is 7. The molecule has 0 bridgehead atoms. The van der Waals surface area contributed by atoms with Crippen molar-refractivity contribution in [3.05, 3.63) is 34.7 Å². The van der Waals surface area contributed by atoms with E-state index >= 15 is 0 Å². The Kier molecular flexibility index (Phi) is 5.53. The average Bonchev–Trinajstić information content (AvgIpc) is 3.10. The van der Waals surface area contributed by atoms with Gasteiger partial charge in [-0.15, -0.1) is 0 Å². The number of anilines is 2. The summed E-state index contributed by atoms with van der Waals surface area (Å²) in [7, 11) is 1.59. The number of rotatable bonds is 5. The van der Waals surface area contributed by atoms with E-state index in [9.17, 15) is 4.79 Å². The molecule has 1 fully saturated rings. The molecule has 3 heterocycles. The second-order valence-electron chi connectivity index (χ2n) is 6.90. The van der Waals surface area contributed by atoms with Crippen LogP contribution in [0.3, 0.4) is 0 Å². The van der Waals surface area contributed by atoms with Gasteiger partial charge < -0.3 is 15.5 Å². The topological polar surface area (TPSA) is 95.9 Å². The summed E-state index contributed by atoms with van der Waals surface area (Å²) >= 11 is 0. The molecular formula is C19H27N7O. The Bertz CT molecular complexity index is 852. The fourth-order valence-electron chi connectivity index (χ4n) is 3.28. The van der Waals surface area contributed by atoms with E-state index in [0.29, 0.717) is 0 Å². The summed E-state index contributed by atoms with van der Waals surface area (Å²) in [5, 5.41) is 6.12. The van der Waals surface area contributed by atoms with E-state index < -0.39 is 0 Å². The van der Waals surface area contributed by atoms with Gasteiger partial charge in [0.25, 0.3) is 5.91 Å². The molecule has 2 aromatic heterocycles. The maximum atomic E-state index is 12.0. The Morgan fingerprint density at radius 3 is 2.70 bits per heavy atom. The van der Waals surface area contributed by atoms with E-state index in [0.717, 1.165) is 60.3 Å². The van der Waals surface area contributed by atoms with Crippen molar-refractivity contribution in [2.75, 3.05) is 30.4 Å². The van der Waals surface area contributed by atoms with Crippen LogP contribution < -0.4 is 15.5 Å². The average molecular weight is 369 g/mol. The minimum atomic E-state index is -0.267. The molecule has 8 heteroatoms. The fourth-order valence-corrected chi connectivity index (χ4v) is 3.28. The molecule has 0 radical (unpaired) electrons. The molecule has 27 heavy (non-hydrogen) atoms. The van der Waals surface area contributed by atoms with Gasteiger partial charge in [-0.1, -0.05) is 6.92 Å². The minimum absolute atomic E-state index is 0.214. The van der Waals surface area contributed by atoms with Crippen LogP contribution in [0.5, 0.6) is 0 Å². The number of amides is 1. The number of carbonyl (C=O) groups excluding carboxylic acids is 1. The number of aromatic nitrogens is 4. The Labute approximate surface area is 159 Å². The molecule has 0 unspecified atom stereocenters. The number of nitrogens with zero attached hydrogens (tertiary/aromatic N) is 5. The highest BCUT2D eigenvalue weighted by molar-refractivity contribution is 5.90. The zero-order valence-corrected chi connectivity index (χ0v) is 16.6. The van der Waals surface area contributed by atoms with Gasteiger partial charge in [0, 0.05) is 55.6 Å². The van der Waals surface area contributed by atoms with Crippen LogP contribution in [0.4, 0.5) is 11.6 Å². The van der Waals surface area contributed by atoms with Crippen LogP contribution in [-0.4, -0.2) is 52.0 Å². The largest absolute Gasteiger partial charge is 0.365 e. The van der Waals surface area contributed by atoms with Gasteiger partial charge in [-0.2, -0.15) is 0 Å². The molecule has 1 aliphatic rings. The van der Waals surface area contributed by atoms with Gasteiger partial charge in [0.05, 0.1) is 0 Å². The standard InChI is InChI=1S/C19H27N7O/c1-6-15-21-11(2)9-16(24-15)23-14-7-8-26(10-14)18-12(3)13(4)22-17(25-18)19(27)20-5/h9,14H,6-8,10H2,1-5H3,(H,20,27)(H,21,23,24)/t14-/m1/s1. The summed E-state index contributed by atoms with van der Waals surface area (Å²) in [6.45, 7) is 9.62. The monoisotopic (exact) mass is 369 g/mol. The smallest absolute Gasteiger partial charge is 0.288 e. The molecule has 144 valence electrons. The van der Waals surface area contributed by atoms with E-state index in [4.69, 9.17) is 0 Å². The molecule has 0 spiro atoms. The normalized spacial score (nSPS) is 16.5. The summed E-state index contributed by atoms with van der Waals surface area (Å²) in [5.74, 6) is 2.50. The lowest BCUT2D eigenvalue weighted by molar-refractivity contribution is 0.0952. The zero-order valence-electron chi connectivity index (χ0n) is 16.6. The SMILES string of the molecule is CCc1nc(C)cc(N[C@@H]2CCN(c3nc(C(=O)NC)nc(C)c3C)C2)n1. The number of carbonyl (C=O) groups is 1. The lowest BCUT2D eigenvalue weighted by atomic mass is 10.2. The third kappa shape index (κ3) is 4.15. The second-order valence-corrected chi connectivity index (χ2v) is 6.90. The van der Waals surface area contributed by atoms with Gasteiger partial charge in [-0.3, -0.25) is 4.79 Å². The van der Waals surface area contributed by atoms with Crippen LogP contribution >= 0.6 is 0 Å². The highest BCUT2D eigenvalue weighted by Crippen LogP contribution is 2.25. The second kappa shape index (κ2) is 7.85. The molecule has 2 N–H and O–H groups in total. The van der Waals surface area contributed by atoms with Crippen molar-refractivity contribution >= 4 is 17.5 Å². The molecule has 1 aliphatic heterocycles. The third-order valence-corrected chi connectivity index (χ3v) is 4.85. The maximum Gasteiger partial charge on any atom is 0.288 e. The van der Waals surface area contributed by atoms with Gasteiger partial charge in [-0.25, -0.2) is 19.9 Å². The summed E-state index contributed by atoms with van der Waals surface area (Å²) in [6.07, 6.45) is 1.79. The van der Waals surface area contributed by atoms with Gasteiger partial charge >= 0.3 is 0 Å². The van der Waals surface area contributed by atoms with E-state index in [2.05, 4.69) is 42.4 Å². The molecule has 1 amide bonds. The molecule has 1 atom stereocenters. The molecule has 0 aliphatic carbocycles. The van der Waals surface area contributed by atoms with Crippen molar-refractivity contribution in [2.45, 2.75) is 46.6 Å². The van der Waals surface area contributed by atoms with Crippen LogP contribution in [0.1, 0.15) is 46.7 Å². The highest BCUT2D eigenvalue weighted by Gasteiger charge is 2.26. The molecule has 0 saturated carbocycles. The predicted octanol–water partition coefficient (Wildman–Crippen LogP) is 1.80. The van der Waals surface area contributed by atoms with Crippen molar-refractivity contribution in [2.24, 2.45) is 0 Å². The first-order valence-corrected chi connectivity index (χ1v) is 9.34. The first-order chi connectivity index (χ1) is 12.9. The molecular weight excluding hydrogens is 342 g/mol. The summed E-state index contributed by atoms with van der Waals surface area (Å²) in [5.41, 5.74) is 2.81. The Morgan fingerprint density at radius 2 is 2.00 bits per heavy atom. The first-order valence-electron chi connectivity index (χ1n) is 9.34. The predicted molar refractivity (Wildman–Crippen MR) is 105 cm³/mol. The summed E-state index contributed by atoms with van der Waals surface area (Å²) < 4.78 is 0. The van der Waals surface area contributed by atoms with Crippen LogP contribution in [0.25, 0.3) is 0 Å². The van der Waals surface area contributed by atoms with Crippen molar-refractivity contribution in [3.8, 4) is 0 Å². The van der Waals surface area contributed by atoms with E-state index in [-0.39, 0.29) is 17.8 Å². The number of nitrogens with one attached hydrogen (secondary N) is 2. The minimum Gasteiger partial charge on any atom is -0.365 e. The lowest BCUT2D eigenvalue weighted by Gasteiger charge is -2.21. The molecule has 0 aromatic carbocycles. The lowest BCUT2D eigenvalue weighted by Crippen LogP contribution is -2.29. The number of hydrogen-bond donors (Lipinski definition) is 2. The molecule has 8 nitrogen and oxygen atoms in total. The van der Waals surface area contributed by atoms with Crippen LogP contribution in [0.15, 0.2) is 6.07 Å². The van der Waals surface area contributed by atoms with E-state index in [1.165, 1.54) is 0 Å². The van der Waals surface area contributed by atoms with Crippen molar-refractivity contribution in [3.63, 3.8) is 0 Å². The number of aryl methyl sites for hydroxylation is 3. The highest BCUT2D eigenvalue weighted by atomic mass is 16.2. The Hall–Kier alpha value is -2.77. The van der Waals surface area contributed by atoms with Crippen LogP contribution in [0, 0.1) is 20.8 Å². The van der Waals surface area contributed by atoms with Crippen molar-refractivity contribution in [1.29, 1.82) is 0 Å². The summed E-state index contributed by atoms with van der Waals surface area (Å²) in [6, 6.07) is 2.24. The van der Waals surface area contributed by atoms with Crippen LogP contribution in [-0.2, 0) is 6.42 Å². The fraction of sp³-hybridized carbons (Fsp3) is 0.526. The van der Waals surface area contributed by atoms with Gasteiger partial charge in [0.2, 0.25) is 5.82 Å².